The molecule has 2 amide bonds. The number of hydrogen-bond donors (Lipinski definition) is 3. The average Bonchev–Trinajstić information content (AvgIpc) is 2.72. The maximum absolute atomic E-state index is 13.0. The Kier molecular flexibility index (Phi) is 6.59. The number of rotatable bonds is 6. The molecule has 0 bridgehead atoms. The van der Waals surface area contributed by atoms with E-state index >= 15 is 0 Å². The van der Waals surface area contributed by atoms with Crippen LogP contribution in [0.1, 0.15) is 24.1 Å². The molecule has 31 heavy (non-hydrogen) atoms. The molecule has 1 unspecified atom stereocenters. The third-order valence-corrected chi connectivity index (χ3v) is 4.35. The van der Waals surface area contributed by atoms with Crippen LogP contribution in [0, 0.1) is 0 Å². The predicted octanol–water partition coefficient (Wildman–Crippen LogP) is 5.46. The lowest BCUT2D eigenvalue weighted by atomic mass is 10.1. The van der Waals surface area contributed by atoms with E-state index < -0.39 is 23.7 Å². The fourth-order valence-electron chi connectivity index (χ4n) is 2.99. The highest BCUT2D eigenvalue weighted by Gasteiger charge is 2.30. The van der Waals surface area contributed by atoms with Crippen LogP contribution in [0.4, 0.5) is 30.2 Å². The van der Waals surface area contributed by atoms with Crippen LogP contribution in [0.2, 0.25) is 0 Å². The summed E-state index contributed by atoms with van der Waals surface area (Å²) >= 11 is 0. The van der Waals surface area contributed by atoms with E-state index in [2.05, 4.69) is 16.0 Å². The molecule has 0 spiro atoms. The number of anilines is 3. The number of nitrogens with one attached hydrogen (secondary N) is 3. The van der Waals surface area contributed by atoms with Gasteiger partial charge in [0.2, 0.25) is 5.91 Å². The van der Waals surface area contributed by atoms with Gasteiger partial charge in [0.25, 0.3) is 5.91 Å². The number of halogens is 3. The molecule has 5 nitrogen and oxygen atoms in total. The van der Waals surface area contributed by atoms with Crippen molar-refractivity contribution in [3.63, 3.8) is 0 Å². The number of amides is 2. The molecule has 1 atom stereocenters. The van der Waals surface area contributed by atoms with E-state index in [0.29, 0.717) is 16.9 Å². The van der Waals surface area contributed by atoms with Crippen molar-refractivity contribution in [2.75, 3.05) is 16.0 Å². The molecular weight excluding hydrogens is 407 g/mol. The first kappa shape index (κ1) is 21.9. The Hall–Kier alpha value is -3.81. The van der Waals surface area contributed by atoms with Crippen molar-refractivity contribution in [2.45, 2.75) is 19.1 Å². The molecule has 0 aliphatic heterocycles. The summed E-state index contributed by atoms with van der Waals surface area (Å²) in [5, 5.41) is 8.30. The normalized spacial score (nSPS) is 12.0. The molecule has 8 heteroatoms. The standard InChI is InChI=1S/C23H20F3N3O2/c1-15(30)27-19-11-6-12-20(14-19)28-21(16-7-3-2-4-8-16)22(31)29-18-10-5-9-17(13-18)23(24,25)26/h2-14,21,28H,1H3,(H,27,30)(H,29,31). The number of carbonyl (C=O) groups excluding carboxylic acids is 2. The van der Waals surface area contributed by atoms with E-state index in [1.165, 1.54) is 19.1 Å². The van der Waals surface area contributed by atoms with Gasteiger partial charge >= 0.3 is 6.18 Å². The maximum atomic E-state index is 13.0. The van der Waals surface area contributed by atoms with Crippen LogP contribution in [0.15, 0.2) is 78.9 Å². The molecule has 0 saturated heterocycles. The summed E-state index contributed by atoms with van der Waals surface area (Å²) in [5.41, 5.74) is 0.908. The molecular formula is C23H20F3N3O2. The molecule has 0 saturated carbocycles. The fourth-order valence-corrected chi connectivity index (χ4v) is 2.99. The Labute approximate surface area is 177 Å². The van der Waals surface area contributed by atoms with Gasteiger partial charge in [0.1, 0.15) is 6.04 Å². The summed E-state index contributed by atoms with van der Waals surface area (Å²) in [6.45, 7) is 1.38. The molecule has 3 rings (SSSR count). The van der Waals surface area contributed by atoms with E-state index in [0.717, 1.165) is 12.1 Å². The number of carbonyl (C=O) groups is 2. The summed E-state index contributed by atoms with van der Waals surface area (Å²) in [7, 11) is 0. The monoisotopic (exact) mass is 427 g/mol. The number of alkyl halides is 3. The predicted molar refractivity (Wildman–Crippen MR) is 114 cm³/mol. The van der Waals surface area contributed by atoms with Crippen LogP contribution in [-0.2, 0) is 15.8 Å². The van der Waals surface area contributed by atoms with Crippen molar-refractivity contribution in [1.82, 2.24) is 0 Å². The summed E-state index contributed by atoms with van der Waals surface area (Å²) in [6.07, 6.45) is -4.51. The Balaban J connectivity index is 1.86. The van der Waals surface area contributed by atoms with Gasteiger partial charge in [-0.2, -0.15) is 13.2 Å². The molecule has 3 N–H and O–H groups in total. The largest absolute Gasteiger partial charge is 0.416 e. The topological polar surface area (TPSA) is 70.2 Å². The Morgan fingerprint density at radius 3 is 2.03 bits per heavy atom. The van der Waals surface area contributed by atoms with Crippen LogP contribution < -0.4 is 16.0 Å². The van der Waals surface area contributed by atoms with Crippen molar-refractivity contribution in [1.29, 1.82) is 0 Å². The van der Waals surface area contributed by atoms with Gasteiger partial charge in [-0.05, 0) is 42.0 Å². The minimum Gasteiger partial charge on any atom is -0.370 e. The molecule has 3 aromatic rings. The lowest BCUT2D eigenvalue weighted by Crippen LogP contribution is -2.27. The second-order valence-electron chi connectivity index (χ2n) is 6.82. The van der Waals surface area contributed by atoms with Crippen molar-refractivity contribution in [3.8, 4) is 0 Å². The van der Waals surface area contributed by atoms with Crippen LogP contribution in [0.3, 0.4) is 0 Å². The molecule has 3 aromatic carbocycles. The fraction of sp³-hybridized carbons (Fsp3) is 0.130. The molecule has 0 fully saturated rings. The molecule has 160 valence electrons. The minimum atomic E-state index is -4.51. The van der Waals surface area contributed by atoms with Crippen molar-refractivity contribution < 1.29 is 22.8 Å². The Bertz CT molecular complexity index is 1070. The first-order valence-electron chi connectivity index (χ1n) is 9.39. The molecule has 0 aliphatic carbocycles. The zero-order chi connectivity index (χ0) is 22.4. The highest BCUT2D eigenvalue weighted by molar-refractivity contribution is 5.97. The van der Waals surface area contributed by atoms with Crippen LogP contribution in [0.25, 0.3) is 0 Å². The van der Waals surface area contributed by atoms with E-state index in [9.17, 15) is 22.8 Å². The molecule has 0 radical (unpaired) electrons. The smallest absolute Gasteiger partial charge is 0.370 e. The lowest BCUT2D eigenvalue weighted by molar-refractivity contribution is -0.137. The second-order valence-corrected chi connectivity index (χ2v) is 6.82. The average molecular weight is 427 g/mol. The molecule has 0 heterocycles. The van der Waals surface area contributed by atoms with Gasteiger partial charge in [-0.1, -0.05) is 42.5 Å². The summed E-state index contributed by atoms with van der Waals surface area (Å²) < 4.78 is 39.0. The number of benzene rings is 3. The summed E-state index contributed by atoms with van der Waals surface area (Å²) in [4.78, 5) is 24.3. The lowest BCUT2D eigenvalue weighted by Gasteiger charge is -2.21. The van der Waals surface area contributed by atoms with Gasteiger partial charge in [0.05, 0.1) is 5.56 Å². The SMILES string of the molecule is CC(=O)Nc1cccc(NC(C(=O)Nc2cccc(C(F)(F)F)c2)c2ccccc2)c1. The second kappa shape index (κ2) is 9.34. The quantitative estimate of drug-likeness (QED) is 0.490. The van der Waals surface area contributed by atoms with Gasteiger partial charge in [-0.15, -0.1) is 0 Å². The van der Waals surface area contributed by atoms with E-state index in [4.69, 9.17) is 0 Å². The zero-order valence-electron chi connectivity index (χ0n) is 16.5. The van der Waals surface area contributed by atoms with Crippen LogP contribution >= 0.6 is 0 Å². The first-order chi connectivity index (χ1) is 14.7. The Morgan fingerprint density at radius 1 is 0.774 bits per heavy atom. The first-order valence-corrected chi connectivity index (χ1v) is 9.39. The Morgan fingerprint density at radius 2 is 1.39 bits per heavy atom. The number of hydrogen-bond acceptors (Lipinski definition) is 3. The highest BCUT2D eigenvalue weighted by Crippen LogP contribution is 2.31. The van der Waals surface area contributed by atoms with E-state index in [1.807, 2.05) is 0 Å². The van der Waals surface area contributed by atoms with Crippen molar-refractivity contribution in [2.24, 2.45) is 0 Å². The maximum Gasteiger partial charge on any atom is 0.416 e. The zero-order valence-corrected chi connectivity index (χ0v) is 16.5. The van der Waals surface area contributed by atoms with Gasteiger partial charge < -0.3 is 16.0 Å². The molecule has 0 aliphatic rings. The minimum absolute atomic E-state index is 0.0366. The highest BCUT2D eigenvalue weighted by atomic mass is 19.4. The van der Waals surface area contributed by atoms with Crippen molar-refractivity contribution >= 4 is 28.9 Å². The van der Waals surface area contributed by atoms with Crippen LogP contribution in [0.5, 0.6) is 0 Å². The van der Waals surface area contributed by atoms with E-state index in [1.54, 1.807) is 54.6 Å². The van der Waals surface area contributed by atoms with Gasteiger partial charge in [0, 0.05) is 24.0 Å². The third-order valence-electron chi connectivity index (χ3n) is 4.35. The summed E-state index contributed by atoms with van der Waals surface area (Å²) in [6, 6.07) is 19.2. The third kappa shape index (κ3) is 6.08. The van der Waals surface area contributed by atoms with Crippen molar-refractivity contribution in [3.05, 3.63) is 90.0 Å². The summed E-state index contributed by atoms with van der Waals surface area (Å²) in [5.74, 6) is -0.769. The van der Waals surface area contributed by atoms with E-state index in [-0.39, 0.29) is 11.6 Å². The van der Waals surface area contributed by atoms with Gasteiger partial charge in [0.15, 0.2) is 0 Å². The van der Waals surface area contributed by atoms with Crippen LogP contribution in [-0.4, -0.2) is 11.8 Å². The van der Waals surface area contributed by atoms with Gasteiger partial charge in [-0.25, -0.2) is 0 Å². The van der Waals surface area contributed by atoms with Gasteiger partial charge in [-0.3, -0.25) is 9.59 Å². The molecule has 0 aromatic heterocycles.